The first kappa shape index (κ1) is 24.1. The minimum atomic E-state index is -4.03. The second-order valence-corrected chi connectivity index (χ2v) is 9.79. The van der Waals surface area contributed by atoms with Gasteiger partial charge in [-0.3, -0.25) is 4.79 Å². The van der Waals surface area contributed by atoms with Gasteiger partial charge in [0.25, 0.3) is 0 Å². The van der Waals surface area contributed by atoms with Crippen LogP contribution < -0.4 is 10.1 Å². The zero-order valence-electron chi connectivity index (χ0n) is 17.5. The Morgan fingerprint density at radius 1 is 0.969 bits per heavy atom. The Morgan fingerprint density at radius 2 is 1.59 bits per heavy atom. The number of para-hydroxylation sites is 2. The summed E-state index contributed by atoms with van der Waals surface area (Å²) in [6, 6.07) is 18.2. The Labute approximate surface area is 197 Å². The number of hydrogen-bond acceptors (Lipinski definition) is 4. The van der Waals surface area contributed by atoms with Gasteiger partial charge in [0.15, 0.2) is 0 Å². The van der Waals surface area contributed by atoms with E-state index < -0.39 is 22.5 Å². The van der Waals surface area contributed by atoms with Crippen molar-refractivity contribution in [2.24, 2.45) is 0 Å². The summed E-state index contributed by atoms with van der Waals surface area (Å²) >= 11 is 12.5. The topological polar surface area (TPSA) is 75.7 Å². The molecule has 0 radical (unpaired) electrons. The van der Waals surface area contributed by atoms with Crippen molar-refractivity contribution in [2.45, 2.75) is 18.4 Å². The van der Waals surface area contributed by atoms with Crippen molar-refractivity contribution in [3.05, 3.63) is 87.9 Å². The molecule has 3 aromatic carbocycles. The van der Waals surface area contributed by atoms with Crippen LogP contribution in [0.2, 0.25) is 10.0 Å². The average molecular weight is 493 g/mol. The Morgan fingerprint density at radius 3 is 2.22 bits per heavy atom. The number of anilines is 1. The lowest BCUT2D eigenvalue weighted by Gasteiger charge is -2.23. The van der Waals surface area contributed by atoms with E-state index >= 15 is 0 Å². The summed E-state index contributed by atoms with van der Waals surface area (Å²) in [5, 5.41) is 3.33. The largest absolute Gasteiger partial charge is 0.495 e. The van der Waals surface area contributed by atoms with E-state index in [1.807, 2.05) is 6.92 Å². The van der Waals surface area contributed by atoms with Crippen LogP contribution in [0.4, 0.5) is 5.69 Å². The fourth-order valence-electron chi connectivity index (χ4n) is 3.04. The van der Waals surface area contributed by atoms with Crippen molar-refractivity contribution in [3.8, 4) is 5.75 Å². The van der Waals surface area contributed by atoms with Crippen molar-refractivity contribution in [1.29, 1.82) is 0 Å². The molecule has 3 rings (SSSR count). The van der Waals surface area contributed by atoms with Crippen LogP contribution in [0.15, 0.2) is 71.6 Å². The molecule has 32 heavy (non-hydrogen) atoms. The van der Waals surface area contributed by atoms with Gasteiger partial charge in [0.2, 0.25) is 15.9 Å². The number of hydrogen-bond donors (Lipinski definition) is 1. The highest BCUT2D eigenvalue weighted by Gasteiger charge is 2.28. The quantitative estimate of drug-likeness (QED) is 0.472. The molecule has 0 aromatic heterocycles. The molecule has 6 nitrogen and oxygen atoms in total. The third kappa shape index (κ3) is 5.61. The lowest BCUT2D eigenvalue weighted by Crippen LogP contribution is -2.37. The first-order chi connectivity index (χ1) is 15.2. The van der Waals surface area contributed by atoms with Crippen LogP contribution in [0, 0.1) is 6.92 Å². The molecular weight excluding hydrogens is 471 g/mol. The minimum absolute atomic E-state index is 0.0661. The number of aryl methyl sites for hydroxylation is 1. The van der Waals surface area contributed by atoms with E-state index in [0.29, 0.717) is 27.0 Å². The summed E-state index contributed by atoms with van der Waals surface area (Å²) in [5.74, 6) is -0.0729. The summed E-state index contributed by atoms with van der Waals surface area (Å²) in [5.41, 5.74) is 1.76. The normalized spacial score (nSPS) is 11.4. The molecule has 0 aliphatic rings. The monoisotopic (exact) mass is 492 g/mol. The van der Waals surface area contributed by atoms with Crippen molar-refractivity contribution < 1.29 is 17.9 Å². The minimum Gasteiger partial charge on any atom is -0.495 e. The zero-order valence-corrected chi connectivity index (χ0v) is 19.8. The van der Waals surface area contributed by atoms with E-state index in [2.05, 4.69) is 5.32 Å². The molecule has 9 heteroatoms. The average Bonchev–Trinajstić information content (AvgIpc) is 2.76. The van der Waals surface area contributed by atoms with Crippen LogP contribution in [-0.4, -0.2) is 32.3 Å². The molecule has 0 aliphatic carbocycles. The molecule has 3 aromatic rings. The fraction of sp³-hybridized carbons (Fsp3) is 0.174. The Balaban J connectivity index is 1.94. The van der Waals surface area contributed by atoms with Crippen molar-refractivity contribution in [3.63, 3.8) is 0 Å². The van der Waals surface area contributed by atoms with E-state index in [4.69, 9.17) is 27.9 Å². The SMILES string of the molecule is COc1ccccc1NC(=O)CN(Cc1c(Cl)cccc1Cl)S(=O)(=O)c1ccc(C)cc1. The molecule has 0 atom stereocenters. The lowest BCUT2D eigenvalue weighted by atomic mass is 10.2. The number of benzene rings is 3. The summed E-state index contributed by atoms with van der Waals surface area (Å²) in [6.45, 7) is 1.24. The van der Waals surface area contributed by atoms with E-state index in [9.17, 15) is 13.2 Å². The summed E-state index contributed by atoms with van der Waals surface area (Å²) < 4.78 is 33.1. The van der Waals surface area contributed by atoms with Gasteiger partial charge in [-0.2, -0.15) is 4.31 Å². The first-order valence-corrected chi connectivity index (χ1v) is 11.8. The van der Waals surface area contributed by atoms with Crippen LogP contribution in [0.3, 0.4) is 0 Å². The van der Waals surface area contributed by atoms with Gasteiger partial charge in [0.1, 0.15) is 5.75 Å². The summed E-state index contributed by atoms with van der Waals surface area (Å²) in [4.78, 5) is 12.9. The molecular formula is C23H22Cl2N2O4S. The third-order valence-electron chi connectivity index (χ3n) is 4.76. The fourth-order valence-corrected chi connectivity index (χ4v) is 4.92. The Hall–Kier alpha value is -2.58. The van der Waals surface area contributed by atoms with Crippen LogP contribution in [0.5, 0.6) is 5.75 Å². The van der Waals surface area contributed by atoms with Crippen LogP contribution in [0.1, 0.15) is 11.1 Å². The Bertz CT molecular complexity index is 1190. The number of amides is 1. The van der Waals surface area contributed by atoms with Crippen molar-refractivity contribution in [1.82, 2.24) is 4.31 Å². The second kappa shape index (κ2) is 10.4. The molecule has 1 N–H and O–H groups in total. The van der Waals surface area contributed by atoms with E-state index in [0.717, 1.165) is 9.87 Å². The predicted molar refractivity (Wildman–Crippen MR) is 127 cm³/mol. The number of nitrogens with zero attached hydrogens (tertiary/aromatic N) is 1. The molecule has 0 fully saturated rings. The Kier molecular flexibility index (Phi) is 7.79. The van der Waals surface area contributed by atoms with Gasteiger partial charge < -0.3 is 10.1 Å². The summed E-state index contributed by atoms with van der Waals surface area (Å²) in [7, 11) is -2.54. The van der Waals surface area contributed by atoms with E-state index in [1.54, 1.807) is 54.6 Å². The highest BCUT2D eigenvalue weighted by Crippen LogP contribution is 2.29. The lowest BCUT2D eigenvalue weighted by molar-refractivity contribution is -0.116. The highest BCUT2D eigenvalue weighted by molar-refractivity contribution is 7.89. The smallest absolute Gasteiger partial charge is 0.243 e. The van der Waals surface area contributed by atoms with Crippen molar-refractivity contribution >= 4 is 44.8 Å². The van der Waals surface area contributed by atoms with Gasteiger partial charge in [0.05, 0.1) is 24.2 Å². The number of ether oxygens (including phenoxy) is 1. The number of carbonyl (C=O) groups is 1. The standard InChI is InChI=1S/C23H22Cl2N2O4S/c1-16-10-12-17(13-11-16)32(29,30)27(14-18-19(24)6-5-7-20(18)25)15-23(28)26-21-8-3-4-9-22(21)31-2/h3-13H,14-15H2,1-2H3,(H,26,28). The molecule has 0 spiro atoms. The summed E-state index contributed by atoms with van der Waals surface area (Å²) in [6.07, 6.45) is 0. The van der Waals surface area contributed by atoms with Gasteiger partial charge in [-0.1, -0.05) is 59.1 Å². The van der Waals surface area contributed by atoms with Gasteiger partial charge in [-0.15, -0.1) is 0 Å². The maximum atomic E-state index is 13.4. The molecule has 168 valence electrons. The zero-order chi connectivity index (χ0) is 23.3. The molecule has 0 saturated heterocycles. The van der Waals surface area contributed by atoms with Crippen LogP contribution in [0.25, 0.3) is 0 Å². The second-order valence-electron chi connectivity index (χ2n) is 7.03. The maximum absolute atomic E-state index is 13.4. The van der Waals surface area contributed by atoms with Crippen molar-refractivity contribution in [2.75, 3.05) is 19.0 Å². The number of rotatable bonds is 8. The predicted octanol–water partition coefficient (Wildman–Crippen LogP) is 5.14. The molecule has 0 unspecified atom stereocenters. The van der Waals surface area contributed by atoms with Gasteiger partial charge >= 0.3 is 0 Å². The van der Waals surface area contributed by atoms with E-state index in [-0.39, 0.29) is 11.4 Å². The van der Waals surface area contributed by atoms with E-state index in [1.165, 1.54) is 19.2 Å². The number of carbonyl (C=O) groups excluding carboxylic acids is 1. The van der Waals surface area contributed by atoms with Gasteiger partial charge in [-0.25, -0.2) is 8.42 Å². The number of sulfonamides is 1. The maximum Gasteiger partial charge on any atom is 0.243 e. The van der Waals surface area contributed by atoms with Crippen LogP contribution >= 0.6 is 23.2 Å². The van der Waals surface area contributed by atoms with Gasteiger partial charge in [0, 0.05) is 22.2 Å². The molecule has 0 heterocycles. The number of halogens is 2. The molecule has 0 aliphatic heterocycles. The first-order valence-electron chi connectivity index (χ1n) is 9.65. The molecule has 0 saturated carbocycles. The molecule has 1 amide bonds. The number of methoxy groups -OCH3 is 1. The number of nitrogens with one attached hydrogen (secondary N) is 1. The molecule has 0 bridgehead atoms. The van der Waals surface area contributed by atoms with Gasteiger partial charge in [-0.05, 0) is 43.3 Å². The third-order valence-corrected chi connectivity index (χ3v) is 7.27. The highest BCUT2D eigenvalue weighted by atomic mass is 35.5. The van der Waals surface area contributed by atoms with Crippen LogP contribution in [-0.2, 0) is 21.4 Å².